The van der Waals surface area contributed by atoms with Crippen molar-refractivity contribution in [2.75, 3.05) is 5.32 Å². The van der Waals surface area contributed by atoms with E-state index in [1.54, 1.807) is 0 Å². The van der Waals surface area contributed by atoms with Crippen LogP contribution in [0.3, 0.4) is 0 Å². The van der Waals surface area contributed by atoms with Crippen LogP contribution in [0.5, 0.6) is 0 Å². The van der Waals surface area contributed by atoms with E-state index in [4.69, 9.17) is 0 Å². The molecular weight excluding hydrogens is 218 g/mol. The molecule has 2 aromatic carbocycles. The third-order valence-corrected chi connectivity index (χ3v) is 3.90. The Balaban J connectivity index is 1.89. The summed E-state index contributed by atoms with van der Waals surface area (Å²) in [6.07, 6.45) is 1.29. The van der Waals surface area contributed by atoms with Crippen LogP contribution >= 0.6 is 0 Å². The molecule has 0 aromatic heterocycles. The summed E-state index contributed by atoms with van der Waals surface area (Å²) in [4.78, 5) is 0. The van der Waals surface area contributed by atoms with Crippen molar-refractivity contribution in [1.82, 2.24) is 0 Å². The van der Waals surface area contributed by atoms with Gasteiger partial charge in [0, 0.05) is 11.4 Å². The Kier molecular flexibility index (Phi) is 2.62. The molecule has 1 aliphatic carbocycles. The van der Waals surface area contributed by atoms with Gasteiger partial charge in [0.05, 0.1) is 0 Å². The first-order valence-electron chi connectivity index (χ1n) is 6.58. The van der Waals surface area contributed by atoms with Gasteiger partial charge in [-0.15, -0.1) is 0 Å². The third-order valence-electron chi connectivity index (χ3n) is 3.90. The second kappa shape index (κ2) is 4.16. The highest BCUT2D eigenvalue weighted by molar-refractivity contribution is 5.64. The SMILES string of the molecule is CC1(C)CC1c1ccccc1Nc1ccccc1. The van der Waals surface area contributed by atoms with E-state index in [0.717, 1.165) is 5.69 Å². The van der Waals surface area contributed by atoms with Crippen LogP contribution in [0.4, 0.5) is 11.4 Å². The molecule has 1 N–H and O–H groups in total. The maximum Gasteiger partial charge on any atom is 0.0419 e. The molecule has 0 bridgehead atoms. The first-order chi connectivity index (χ1) is 8.67. The zero-order chi connectivity index (χ0) is 12.6. The number of benzene rings is 2. The molecule has 0 heterocycles. The molecule has 1 heteroatoms. The first kappa shape index (κ1) is 11.3. The molecule has 92 valence electrons. The van der Waals surface area contributed by atoms with Gasteiger partial charge in [0.25, 0.3) is 0 Å². The van der Waals surface area contributed by atoms with Crippen LogP contribution in [0, 0.1) is 5.41 Å². The number of nitrogens with one attached hydrogen (secondary N) is 1. The van der Waals surface area contributed by atoms with Crippen LogP contribution in [0.2, 0.25) is 0 Å². The van der Waals surface area contributed by atoms with Gasteiger partial charge in [-0.2, -0.15) is 0 Å². The zero-order valence-corrected chi connectivity index (χ0v) is 11.0. The van der Waals surface area contributed by atoms with Crippen molar-refractivity contribution < 1.29 is 0 Å². The average Bonchev–Trinajstić information content (AvgIpc) is 3.00. The van der Waals surface area contributed by atoms with Gasteiger partial charge < -0.3 is 5.32 Å². The molecule has 0 saturated heterocycles. The summed E-state index contributed by atoms with van der Waals surface area (Å²) in [5.74, 6) is 0.699. The van der Waals surface area contributed by atoms with E-state index in [1.807, 2.05) is 6.07 Å². The summed E-state index contributed by atoms with van der Waals surface area (Å²) < 4.78 is 0. The highest BCUT2D eigenvalue weighted by atomic mass is 14.9. The van der Waals surface area contributed by atoms with Gasteiger partial charge in [0.1, 0.15) is 0 Å². The van der Waals surface area contributed by atoms with Gasteiger partial charge in [-0.25, -0.2) is 0 Å². The Morgan fingerprint density at radius 1 is 0.944 bits per heavy atom. The maximum absolute atomic E-state index is 3.53. The van der Waals surface area contributed by atoms with Gasteiger partial charge in [-0.3, -0.25) is 0 Å². The number of hydrogen-bond acceptors (Lipinski definition) is 1. The molecule has 0 aliphatic heterocycles. The van der Waals surface area contributed by atoms with Crippen molar-refractivity contribution in [3.63, 3.8) is 0 Å². The quantitative estimate of drug-likeness (QED) is 0.797. The van der Waals surface area contributed by atoms with Crippen LogP contribution in [0.15, 0.2) is 54.6 Å². The molecule has 0 spiro atoms. The van der Waals surface area contributed by atoms with Crippen molar-refractivity contribution in [3.8, 4) is 0 Å². The van der Waals surface area contributed by atoms with E-state index in [9.17, 15) is 0 Å². The van der Waals surface area contributed by atoms with E-state index < -0.39 is 0 Å². The Morgan fingerprint density at radius 2 is 1.56 bits per heavy atom. The van der Waals surface area contributed by atoms with Crippen molar-refractivity contribution >= 4 is 11.4 Å². The zero-order valence-electron chi connectivity index (χ0n) is 11.0. The summed E-state index contributed by atoms with van der Waals surface area (Å²) in [6.45, 7) is 4.69. The maximum atomic E-state index is 3.53. The fraction of sp³-hybridized carbons (Fsp3) is 0.294. The highest BCUT2D eigenvalue weighted by Crippen LogP contribution is 2.60. The summed E-state index contributed by atoms with van der Waals surface area (Å²) in [6, 6.07) is 19.0. The minimum Gasteiger partial charge on any atom is -0.355 e. The van der Waals surface area contributed by atoms with Crippen LogP contribution in [-0.4, -0.2) is 0 Å². The minimum absolute atomic E-state index is 0.467. The monoisotopic (exact) mass is 237 g/mol. The smallest absolute Gasteiger partial charge is 0.0419 e. The van der Waals surface area contributed by atoms with Gasteiger partial charge in [0.2, 0.25) is 0 Å². The fourth-order valence-corrected chi connectivity index (χ4v) is 2.59. The molecule has 1 nitrogen and oxygen atoms in total. The van der Waals surface area contributed by atoms with Crippen molar-refractivity contribution in [2.24, 2.45) is 5.41 Å². The van der Waals surface area contributed by atoms with Crippen LogP contribution in [0.25, 0.3) is 0 Å². The van der Waals surface area contributed by atoms with Crippen LogP contribution < -0.4 is 5.32 Å². The first-order valence-corrected chi connectivity index (χ1v) is 6.58. The van der Waals surface area contributed by atoms with Crippen molar-refractivity contribution in [3.05, 3.63) is 60.2 Å². The third kappa shape index (κ3) is 2.13. The predicted molar refractivity (Wildman–Crippen MR) is 77.3 cm³/mol. The molecule has 0 amide bonds. The van der Waals surface area contributed by atoms with Crippen molar-refractivity contribution in [1.29, 1.82) is 0 Å². The largest absolute Gasteiger partial charge is 0.355 e. The molecule has 1 fully saturated rings. The molecular formula is C17H19N. The number of para-hydroxylation sites is 2. The Bertz CT molecular complexity index is 543. The van der Waals surface area contributed by atoms with Crippen LogP contribution in [0.1, 0.15) is 31.7 Å². The number of rotatable bonds is 3. The van der Waals surface area contributed by atoms with Crippen molar-refractivity contribution in [2.45, 2.75) is 26.2 Å². The lowest BCUT2D eigenvalue weighted by molar-refractivity contribution is 0.622. The molecule has 1 saturated carbocycles. The summed E-state index contributed by atoms with van der Waals surface area (Å²) in [5.41, 5.74) is 4.32. The normalized spacial score (nSPS) is 20.4. The highest BCUT2D eigenvalue weighted by Gasteiger charge is 2.47. The molecule has 1 aliphatic rings. The molecule has 1 atom stereocenters. The van der Waals surface area contributed by atoms with Gasteiger partial charge >= 0.3 is 0 Å². The van der Waals surface area contributed by atoms with E-state index in [1.165, 1.54) is 17.7 Å². The Morgan fingerprint density at radius 3 is 2.22 bits per heavy atom. The lowest BCUT2D eigenvalue weighted by Crippen LogP contribution is -1.97. The average molecular weight is 237 g/mol. The molecule has 2 aromatic rings. The topological polar surface area (TPSA) is 12.0 Å². The summed E-state index contributed by atoms with van der Waals surface area (Å²) in [7, 11) is 0. The molecule has 3 rings (SSSR count). The molecule has 1 unspecified atom stereocenters. The Hall–Kier alpha value is -1.76. The fourth-order valence-electron chi connectivity index (χ4n) is 2.59. The second-order valence-electron chi connectivity index (χ2n) is 5.82. The van der Waals surface area contributed by atoms with E-state index in [0.29, 0.717) is 11.3 Å². The summed E-state index contributed by atoms with van der Waals surface area (Å²) >= 11 is 0. The van der Waals surface area contributed by atoms with Gasteiger partial charge in [0.15, 0.2) is 0 Å². The van der Waals surface area contributed by atoms with E-state index in [2.05, 4.69) is 67.7 Å². The second-order valence-corrected chi connectivity index (χ2v) is 5.82. The Labute approximate surface area is 109 Å². The predicted octanol–water partition coefficient (Wildman–Crippen LogP) is 4.94. The number of hydrogen-bond donors (Lipinski definition) is 1. The standard InChI is InChI=1S/C17H19N/c1-17(2)12-15(17)14-10-6-7-11-16(14)18-13-8-4-3-5-9-13/h3-11,15,18H,12H2,1-2H3. The van der Waals surface area contributed by atoms with Gasteiger partial charge in [-0.05, 0) is 41.5 Å². The minimum atomic E-state index is 0.467. The van der Waals surface area contributed by atoms with E-state index in [-0.39, 0.29) is 0 Å². The summed E-state index contributed by atoms with van der Waals surface area (Å²) in [5, 5.41) is 3.53. The number of anilines is 2. The lowest BCUT2D eigenvalue weighted by atomic mass is 10.0. The molecule has 18 heavy (non-hydrogen) atoms. The lowest BCUT2D eigenvalue weighted by Gasteiger charge is -2.13. The van der Waals surface area contributed by atoms with E-state index >= 15 is 0 Å². The van der Waals surface area contributed by atoms with Crippen LogP contribution in [-0.2, 0) is 0 Å². The van der Waals surface area contributed by atoms with Gasteiger partial charge in [-0.1, -0.05) is 50.2 Å². The molecule has 0 radical (unpaired) electrons.